The number of hydrogen-bond donors (Lipinski definition) is 1. The zero-order valence-corrected chi connectivity index (χ0v) is 13.4. The van der Waals surface area contributed by atoms with Crippen molar-refractivity contribution >= 4 is 26.5 Å². The molecule has 2 aliphatic heterocycles. The molecule has 18 heavy (non-hydrogen) atoms. The van der Waals surface area contributed by atoms with Crippen LogP contribution in [0.25, 0.3) is 0 Å². The molecule has 4 nitrogen and oxygen atoms in total. The van der Waals surface area contributed by atoms with E-state index >= 15 is 0 Å². The van der Waals surface area contributed by atoms with Crippen LogP contribution in [-0.4, -0.2) is 59.5 Å². The van der Waals surface area contributed by atoms with E-state index in [0.717, 1.165) is 31.8 Å². The maximum absolute atomic E-state index is 11.0. The Balaban J connectivity index is 1.65. The molecule has 1 N–H and O–H groups in total. The number of halogens is 1. The van der Waals surface area contributed by atoms with E-state index in [0.29, 0.717) is 6.04 Å². The maximum atomic E-state index is 11.0. The molecule has 0 aromatic carbocycles. The minimum Gasteiger partial charge on any atom is -0.345 e. The Hall–Kier alpha value is 0.120. The number of amides is 1. The third kappa shape index (κ3) is 4.66. The molecule has 0 spiro atoms. The van der Waals surface area contributed by atoms with E-state index in [9.17, 15) is 4.79 Å². The fourth-order valence-corrected chi connectivity index (χ4v) is 3.47. The molecule has 104 valence electrons. The smallest absolute Gasteiger partial charge is 0.280 e. The summed E-state index contributed by atoms with van der Waals surface area (Å²) in [6.07, 6.45) is 4.92. The number of piperidine rings is 2. The van der Waals surface area contributed by atoms with Gasteiger partial charge in [-0.15, -0.1) is 0 Å². The predicted molar refractivity (Wildman–Crippen MR) is 82.2 cm³/mol. The highest BCUT2D eigenvalue weighted by Crippen LogP contribution is 2.20. The van der Waals surface area contributed by atoms with Crippen molar-refractivity contribution in [2.45, 2.75) is 31.7 Å². The summed E-state index contributed by atoms with van der Waals surface area (Å²) in [5.74, 6) is 0.886. The number of nitrogens with one attached hydrogen (secondary N) is 1. The van der Waals surface area contributed by atoms with E-state index in [-0.39, 0.29) is 3.91 Å². The normalized spacial score (nSPS) is 25.2. The Labute approximate surface area is 124 Å². The first-order valence-corrected chi connectivity index (χ1v) is 8.08. The van der Waals surface area contributed by atoms with Gasteiger partial charge < -0.3 is 15.1 Å². The van der Waals surface area contributed by atoms with E-state index in [1.807, 2.05) is 22.6 Å². The molecular weight excluding hydrogens is 341 g/mol. The lowest BCUT2D eigenvalue weighted by atomic mass is 9.95. The number of nitrogens with zero attached hydrogens (tertiary/aromatic N) is 2. The Bertz CT molecular complexity index is 271. The predicted octanol–water partition coefficient (Wildman–Crippen LogP) is 1.94. The van der Waals surface area contributed by atoms with Crippen molar-refractivity contribution in [3.05, 3.63) is 0 Å². The van der Waals surface area contributed by atoms with Gasteiger partial charge in [0, 0.05) is 48.3 Å². The van der Waals surface area contributed by atoms with Gasteiger partial charge in [0.1, 0.15) is 0 Å². The summed E-state index contributed by atoms with van der Waals surface area (Å²) in [4.78, 5) is 16.0. The summed E-state index contributed by atoms with van der Waals surface area (Å²) in [5, 5.41) is 3.03. The van der Waals surface area contributed by atoms with Crippen LogP contribution in [0.15, 0.2) is 0 Å². The minimum atomic E-state index is 0.0846. The number of carbonyl (C=O) groups is 1. The number of carbonyl (C=O) groups excluding carboxylic acids is 1. The molecule has 0 unspecified atom stereocenters. The molecule has 2 heterocycles. The highest BCUT2D eigenvalue weighted by atomic mass is 127. The second-order valence-corrected chi connectivity index (χ2v) is 6.72. The van der Waals surface area contributed by atoms with E-state index < -0.39 is 0 Å². The fraction of sp³-hybridized carbons (Fsp3) is 0.923. The van der Waals surface area contributed by atoms with E-state index in [1.54, 1.807) is 0 Å². The lowest BCUT2D eigenvalue weighted by molar-refractivity contribution is 0.135. The zero-order chi connectivity index (χ0) is 13.0. The van der Waals surface area contributed by atoms with Crippen LogP contribution in [0.2, 0.25) is 0 Å². The minimum absolute atomic E-state index is 0.0846. The van der Waals surface area contributed by atoms with Gasteiger partial charge in [0.25, 0.3) is 3.91 Å². The maximum Gasteiger partial charge on any atom is 0.280 e. The van der Waals surface area contributed by atoms with Crippen molar-refractivity contribution in [1.82, 2.24) is 15.1 Å². The van der Waals surface area contributed by atoms with E-state index in [2.05, 4.69) is 22.2 Å². The van der Waals surface area contributed by atoms with Crippen LogP contribution in [0.3, 0.4) is 0 Å². The Morgan fingerprint density at radius 2 is 1.78 bits per heavy atom. The van der Waals surface area contributed by atoms with Crippen molar-refractivity contribution in [2.75, 3.05) is 39.8 Å². The summed E-state index contributed by atoms with van der Waals surface area (Å²) in [7, 11) is 2.22. The van der Waals surface area contributed by atoms with Gasteiger partial charge in [-0.25, -0.2) is 0 Å². The quantitative estimate of drug-likeness (QED) is 0.472. The molecule has 0 saturated carbocycles. The number of rotatable bonds is 3. The van der Waals surface area contributed by atoms with Crippen LogP contribution >= 0.6 is 22.6 Å². The van der Waals surface area contributed by atoms with Crippen molar-refractivity contribution in [1.29, 1.82) is 0 Å². The van der Waals surface area contributed by atoms with Gasteiger partial charge in [-0.3, -0.25) is 4.79 Å². The van der Waals surface area contributed by atoms with Crippen LogP contribution < -0.4 is 5.32 Å². The SMILES string of the molecule is CN1CCC(CN2CCC(NC(=O)I)CC2)CC1. The molecule has 1 amide bonds. The molecular formula is C13H24IN3O. The van der Waals surface area contributed by atoms with Gasteiger partial charge in [-0.1, -0.05) is 0 Å². The topological polar surface area (TPSA) is 35.6 Å². The first-order chi connectivity index (χ1) is 8.63. The molecule has 0 atom stereocenters. The van der Waals surface area contributed by atoms with Crippen LogP contribution in [-0.2, 0) is 0 Å². The Kier molecular flexibility index (Phi) is 5.69. The van der Waals surface area contributed by atoms with Crippen LogP contribution in [0.5, 0.6) is 0 Å². The van der Waals surface area contributed by atoms with Gasteiger partial charge in [0.2, 0.25) is 0 Å². The largest absolute Gasteiger partial charge is 0.345 e. The number of likely N-dealkylation sites (tertiary alicyclic amines) is 2. The van der Waals surface area contributed by atoms with Crippen molar-refractivity contribution < 1.29 is 4.79 Å². The fourth-order valence-electron chi connectivity index (χ4n) is 3.03. The third-order valence-electron chi connectivity index (χ3n) is 4.26. The van der Waals surface area contributed by atoms with Gasteiger partial charge in [0.15, 0.2) is 0 Å². The molecule has 5 heteroatoms. The first-order valence-electron chi connectivity index (χ1n) is 7.00. The first kappa shape index (κ1) is 14.5. The molecule has 2 fully saturated rings. The van der Waals surface area contributed by atoms with Gasteiger partial charge in [-0.05, 0) is 51.7 Å². The summed E-state index contributed by atoms with van der Waals surface area (Å²) in [6.45, 7) is 6.07. The van der Waals surface area contributed by atoms with Crippen LogP contribution in [0.4, 0.5) is 4.79 Å². The van der Waals surface area contributed by atoms with Crippen molar-refractivity contribution in [3.63, 3.8) is 0 Å². The van der Waals surface area contributed by atoms with Gasteiger partial charge in [0.05, 0.1) is 0 Å². The van der Waals surface area contributed by atoms with E-state index in [4.69, 9.17) is 0 Å². The summed E-state index contributed by atoms with van der Waals surface area (Å²) < 4.78 is 0.0846. The molecule has 0 radical (unpaired) electrons. The molecule has 2 rings (SSSR count). The molecule has 0 aliphatic carbocycles. The molecule has 2 saturated heterocycles. The van der Waals surface area contributed by atoms with E-state index in [1.165, 1.54) is 32.5 Å². The average Bonchev–Trinajstić information content (AvgIpc) is 2.34. The van der Waals surface area contributed by atoms with Crippen molar-refractivity contribution in [2.24, 2.45) is 5.92 Å². The molecule has 2 aliphatic rings. The third-order valence-corrected chi connectivity index (χ3v) is 4.57. The Morgan fingerprint density at radius 3 is 2.33 bits per heavy atom. The summed E-state index contributed by atoms with van der Waals surface area (Å²) in [6, 6.07) is 0.406. The summed E-state index contributed by atoms with van der Waals surface area (Å²) in [5.41, 5.74) is 0. The Morgan fingerprint density at radius 1 is 1.17 bits per heavy atom. The lowest BCUT2D eigenvalue weighted by Crippen LogP contribution is -2.45. The highest BCUT2D eigenvalue weighted by molar-refractivity contribution is 14.1. The monoisotopic (exact) mass is 365 g/mol. The van der Waals surface area contributed by atoms with Crippen LogP contribution in [0.1, 0.15) is 25.7 Å². The number of hydrogen-bond acceptors (Lipinski definition) is 3. The molecule has 0 aromatic heterocycles. The second-order valence-electron chi connectivity index (χ2n) is 5.74. The zero-order valence-electron chi connectivity index (χ0n) is 11.2. The van der Waals surface area contributed by atoms with Crippen LogP contribution in [0, 0.1) is 5.92 Å². The lowest BCUT2D eigenvalue weighted by Gasteiger charge is -2.36. The average molecular weight is 365 g/mol. The second kappa shape index (κ2) is 7.05. The van der Waals surface area contributed by atoms with Gasteiger partial charge in [-0.2, -0.15) is 0 Å². The molecule has 0 bridgehead atoms. The highest BCUT2D eigenvalue weighted by Gasteiger charge is 2.24. The van der Waals surface area contributed by atoms with Crippen molar-refractivity contribution in [3.8, 4) is 0 Å². The standard InChI is InChI=1S/C13H24IN3O/c1-16-6-2-11(3-7-16)10-17-8-4-12(5-9-17)15-13(14)18/h11-12H,2-10H2,1H3,(H,15,18). The van der Waals surface area contributed by atoms with Gasteiger partial charge >= 0.3 is 0 Å². The molecule has 0 aromatic rings. The summed E-state index contributed by atoms with van der Waals surface area (Å²) >= 11 is 1.83.